The lowest BCUT2D eigenvalue weighted by Gasteiger charge is -2.13. The van der Waals surface area contributed by atoms with Gasteiger partial charge >= 0.3 is 0 Å². The van der Waals surface area contributed by atoms with Gasteiger partial charge in [0, 0.05) is 32.5 Å². The van der Waals surface area contributed by atoms with Crippen LogP contribution in [0.15, 0.2) is 59.9 Å². The molecule has 140 valence electrons. The molecule has 2 N–H and O–H groups in total. The van der Waals surface area contributed by atoms with Gasteiger partial charge in [-0.25, -0.2) is 9.37 Å². The highest BCUT2D eigenvalue weighted by Gasteiger charge is 2.08. The van der Waals surface area contributed by atoms with Gasteiger partial charge in [-0.3, -0.25) is 4.99 Å². The molecule has 0 aliphatic carbocycles. The van der Waals surface area contributed by atoms with E-state index < -0.39 is 0 Å². The second-order valence-electron chi connectivity index (χ2n) is 6.40. The smallest absolute Gasteiger partial charge is 0.191 e. The van der Waals surface area contributed by atoms with Crippen molar-refractivity contribution in [1.82, 2.24) is 20.2 Å². The number of aryl methyl sites for hydroxylation is 2. The van der Waals surface area contributed by atoms with Crippen molar-refractivity contribution >= 4 is 5.96 Å². The van der Waals surface area contributed by atoms with E-state index in [-0.39, 0.29) is 5.82 Å². The van der Waals surface area contributed by atoms with Gasteiger partial charge in [-0.15, -0.1) is 0 Å². The Kier molecular flexibility index (Phi) is 5.86. The van der Waals surface area contributed by atoms with Crippen molar-refractivity contribution in [3.05, 3.63) is 83.2 Å². The van der Waals surface area contributed by atoms with E-state index in [1.54, 1.807) is 30.1 Å². The fourth-order valence-electron chi connectivity index (χ4n) is 2.79. The third-order valence-electron chi connectivity index (χ3n) is 4.36. The Balaban J connectivity index is 1.59. The molecular weight excluding hydrogens is 341 g/mol. The lowest BCUT2D eigenvalue weighted by molar-refractivity contribution is 0.613. The van der Waals surface area contributed by atoms with Crippen molar-refractivity contribution < 1.29 is 4.39 Å². The van der Waals surface area contributed by atoms with Crippen LogP contribution in [-0.2, 0) is 13.1 Å². The molecule has 0 amide bonds. The Morgan fingerprint density at radius 3 is 2.30 bits per heavy atom. The third-order valence-corrected chi connectivity index (χ3v) is 4.36. The van der Waals surface area contributed by atoms with Crippen molar-refractivity contribution in [3.8, 4) is 5.69 Å². The standard InChI is InChI=1S/C21H24FN5/c1-15-4-6-17(7-5-15)13-25-21(23-3)26-14-18-8-9-20(19(22)12-18)27-11-10-24-16(27)2/h4-12H,13-14H2,1-3H3,(H2,23,25,26). The number of guanidine groups is 1. The highest BCUT2D eigenvalue weighted by Crippen LogP contribution is 2.16. The Morgan fingerprint density at radius 2 is 1.70 bits per heavy atom. The summed E-state index contributed by atoms with van der Waals surface area (Å²) in [6.07, 6.45) is 3.41. The highest BCUT2D eigenvalue weighted by atomic mass is 19.1. The zero-order valence-corrected chi connectivity index (χ0v) is 15.8. The maximum Gasteiger partial charge on any atom is 0.191 e. The average molecular weight is 365 g/mol. The van der Waals surface area contributed by atoms with Gasteiger partial charge in [0.15, 0.2) is 5.96 Å². The molecule has 1 aromatic heterocycles. The monoisotopic (exact) mass is 365 g/mol. The number of aliphatic imine (C=N–C) groups is 1. The molecule has 5 nitrogen and oxygen atoms in total. The van der Waals surface area contributed by atoms with Crippen LogP contribution in [-0.4, -0.2) is 22.6 Å². The molecule has 6 heteroatoms. The summed E-state index contributed by atoms with van der Waals surface area (Å²) in [5.74, 6) is 1.14. The first-order valence-corrected chi connectivity index (χ1v) is 8.85. The van der Waals surface area contributed by atoms with Crippen LogP contribution in [0.1, 0.15) is 22.5 Å². The average Bonchev–Trinajstić information content (AvgIpc) is 3.09. The molecule has 0 fully saturated rings. The zero-order valence-electron chi connectivity index (χ0n) is 15.8. The maximum absolute atomic E-state index is 14.5. The van der Waals surface area contributed by atoms with E-state index in [1.807, 2.05) is 13.0 Å². The van der Waals surface area contributed by atoms with Gasteiger partial charge in [0.25, 0.3) is 0 Å². The Bertz CT molecular complexity index is 928. The molecule has 0 aliphatic heterocycles. The lowest BCUT2D eigenvalue weighted by atomic mass is 10.1. The maximum atomic E-state index is 14.5. The van der Waals surface area contributed by atoms with Crippen LogP contribution in [0.25, 0.3) is 5.69 Å². The summed E-state index contributed by atoms with van der Waals surface area (Å²) in [4.78, 5) is 8.35. The van der Waals surface area contributed by atoms with Crippen molar-refractivity contribution in [2.75, 3.05) is 7.05 Å². The van der Waals surface area contributed by atoms with Crippen molar-refractivity contribution in [2.24, 2.45) is 4.99 Å². The predicted molar refractivity (Wildman–Crippen MR) is 106 cm³/mol. The number of imidazole rings is 1. The van der Waals surface area contributed by atoms with Crippen LogP contribution in [0.4, 0.5) is 4.39 Å². The molecule has 0 atom stereocenters. The normalized spacial score (nSPS) is 11.5. The fourth-order valence-corrected chi connectivity index (χ4v) is 2.79. The van der Waals surface area contributed by atoms with Crippen LogP contribution in [0.5, 0.6) is 0 Å². The van der Waals surface area contributed by atoms with E-state index in [2.05, 4.69) is 51.8 Å². The summed E-state index contributed by atoms with van der Waals surface area (Å²) in [6.45, 7) is 5.07. The lowest BCUT2D eigenvalue weighted by Crippen LogP contribution is -2.36. The van der Waals surface area contributed by atoms with Gasteiger partial charge in [-0.05, 0) is 37.1 Å². The molecule has 0 unspecified atom stereocenters. The van der Waals surface area contributed by atoms with Crippen LogP contribution in [0.2, 0.25) is 0 Å². The van der Waals surface area contributed by atoms with Crippen LogP contribution < -0.4 is 10.6 Å². The summed E-state index contributed by atoms with van der Waals surface area (Å²) in [5.41, 5.74) is 3.75. The summed E-state index contributed by atoms with van der Waals surface area (Å²) in [7, 11) is 1.72. The Hall–Kier alpha value is -3.15. The molecule has 0 saturated carbocycles. The minimum Gasteiger partial charge on any atom is -0.352 e. The number of nitrogens with zero attached hydrogens (tertiary/aromatic N) is 3. The number of nitrogens with one attached hydrogen (secondary N) is 2. The number of hydrogen-bond acceptors (Lipinski definition) is 2. The number of aromatic nitrogens is 2. The SMILES string of the molecule is CN=C(NCc1ccc(C)cc1)NCc1ccc(-n2ccnc2C)c(F)c1. The van der Waals surface area contributed by atoms with E-state index >= 15 is 0 Å². The second kappa shape index (κ2) is 8.49. The quantitative estimate of drug-likeness (QED) is 0.538. The number of benzene rings is 2. The van der Waals surface area contributed by atoms with Gasteiger partial charge in [-0.2, -0.15) is 0 Å². The van der Waals surface area contributed by atoms with Crippen LogP contribution >= 0.6 is 0 Å². The first-order valence-electron chi connectivity index (χ1n) is 8.85. The first-order chi connectivity index (χ1) is 13.1. The minimum absolute atomic E-state index is 0.280. The molecule has 0 spiro atoms. The summed E-state index contributed by atoms with van der Waals surface area (Å²) < 4.78 is 16.2. The fraction of sp³-hybridized carbons (Fsp3) is 0.238. The number of halogens is 1. The number of rotatable bonds is 5. The molecule has 1 heterocycles. The molecular formula is C21H24FN5. The molecule has 3 rings (SSSR count). The minimum atomic E-state index is -0.280. The predicted octanol–water partition coefficient (Wildman–Crippen LogP) is 3.49. The molecule has 0 saturated heterocycles. The van der Waals surface area contributed by atoms with Gasteiger partial charge in [0.05, 0.1) is 5.69 Å². The first kappa shape index (κ1) is 18.6. The summed E-state index contributed by atoms with van der Waals surface area (Å²) in [6, 6.07) is 13.5. The topological polar surface area (TPSA) is 54.2 Å². The van der Waals surface area contributed by atoms with Gasteiger partial charge in [0.2, 0.25) is 0 Å². The van der Waals surface area contributed by atoms with E-state index in [9.17, 15) is 4.39 Å². The third kappa shape index (κ3) is 4.73. The van der Waals surface area contributed by atoms with Gasteiger partial charge in [0.1, 0.15) is 11.6 Å². The van der Waals surface area contributed by atoms with Crippen molar-refractivity contribution in [1.29, 1.82) is 0 Å². The summed E-state index contributed by atoms with van der Waals surface area (Å²) >= 11 is 0. The van der Waals surface area contributed by atoms with E-state index in [0.717, 1.165) is 11.4 Å². The van der Waals surface area contributed by atoms with Gasteiger partial charge in [-0.1, -0.05) is 35.9 Å². The molecule has 27 heavy (non-hydrogen) atoms. The molecule has 3 aromatic rings. The molecule has 0 radical (unpaired) electrons. The molecule has 0 bridgehead atoms. The van der Waals surface area contributed by atoms with Crippen LogP contribution in [0, 0.1) is 19.7 Å². The Morgan fingerprint density at radius 1 is 1.04 bits per heavy atom. The van der Waals surface area contributed by atoms with Gasteiger partial charge < -0.3 is 15.2 Å². The van der Waals surface area contributed by atoms with Crippen molar-refractivity contribution in [2.45, 2.75) is 26.9 Å². The van der Waals surface area contributed by atoms with E-state index in [0.29, 0.717) is 24.7 Å². The van der Waals surface area contributed by atoms with E-state index in [1.165, 1.54) is 17.2 Å². The molecule has 2 aromatic carbocycles. The second-order valence-corrected chi connectivity index (χ2v) is 6.40. The van der Waals surface area contributed by atoms with E-state index in [4.69, 9.17) is 0 Å². The van der Waals surface area contributed by atoms with Crippen molar-refractivity contribution in [3.63, 3.8) is 0 Å². The zero-order chi connectivity index (χ0) is 19.2. The molecule has 0 aliphatic rings. The largest absolute Gasteiger partial charge is 0.352 e. The van der Waals surface area contributed by atoms with Crippen LogP contribution in [0.3, 0.4) is 0 Å². The highest BCUT2D eigenvalue weighted by molar-refractivity contribution is 5.79. The summed E-state index contributed by atoms with van der Waals surface area (Å²) in [5, 5.41) is 6.48. The number of hydrogen-bond donors (Lipinski definition) is 2. The Labute approximate surface area is 159 Å².